The van der Waals surface area contributed by atoms with Crippen LogP contribution in [0.25, 0.3) is 16.9 Å². The van der Waals surface area contributed by atoms with E-state index in [9.17, 15) is 9.59 Å². The van der Waals surface area contributed by atoms with E-state index in [-0.39, 0.29) is 11.7 Å². The Balaban J connectivity index is 0.000000147. The van der Waals surface area contributed by atoms with Gasteiger partial charge in [-0.25, -0.2) is 29.0 Å². The number of allylic oxidation sites excluding steroid dienone is 2. The summed E-state index contributed by atoms with van der Waals surface area (Å²) in [7, 11) is 3.70. The van der Waals surface area contributed by atoms with Crippen LogP contribution in [-0.4, -0.2) is 70.3 Å². The topological polar surface area (TPSA) is 180 Å². The minimum Gasteiger partial charge on any atom is -0.334 e. The molecule has 2 N–H and O–H groups in total. The van der Waals surface area contributed by atoms with Crippen LogP contribution in [0.15, 0.2) is 55.9 Å². The fourth-order valence-electron chi connectivity index (χ4n) is 5.71. The van der Waals surface area contributed by atoms with Gasteiger partial charge in [-0.2, -0.15) is 20.4 Å². The Morgan fingerprint density at radius 1 is 0.739 bits per heavy atom. The largest absolute Gasteiger partial charge is 0.334 e. The molecule has 1 fully saturated rings. The van der Waals surface area contributed by atoms with Gasteiger partial charge in [-0.05, 0) is 37.3 Å². The van der Waals surface area contributed by atoms with E-state index in [0.29, 0.717) is 48.0 Å². The van der Waals surface area contributed by atoms with E-state index in [1.54, 1.807) is 43.1 Å². The number of aryl methyl sites for hydroxylation is 2. The number of anilines is 4. The Morgan fingerprint density at radius 2 is 1.39 bits per heavy atom. The first-order chi connectivity index (χ1) is 22.4. The van der Waals surface area contributed by atoms with Crippen molar-refractivity contribution in [3.05, 3.63) is 67.3 Å². The van der Waals surface area contributed by atoms with Gasteiger partial charge in [0.05, 0.1) is 47.6 Å². The van der Waals surface area contributed by atoms with E-state index in [0.717, 1.165) is 54.0 Å². The fourth-order valence-corrected chi connectivity index (χ4v) is 5.71. The van der Waals surface area contributed by atoms with Crippen molar-refractivity contribution in [2.75, 3.05) is 10.6 Å². The van der Waals surface area contributed by atoms with Crippen molar-refractivity contribution in [1.29, 1.82) is 0 Å². The maximum absolute atomic E-state index is 11.7. The van der Waals surface area contributed by atoms with Crippen LogP contribution in [0.4, 0.5) is 23.0 Å². The van der Waals surface area contributed by atoms with Crippen molar-refractivity contribution in [2.24, 2.45) is 14.1 Å². The third-order valence-electron chi connectivity index (χ3n) is 7.91. The lowest BCUT2D eigenvalue weighted by atomic mass is 9.86. The van der Waals surface area contributed by atoms with Crippen LogP contribution < -0.4 is 10.6 Å². The molecular formula is C30H32N14O2. The number of ketones is 2. The molecule has 0 bridgehead atoms. The van der Waals surface area contributed by atoms with E-state index in [4.69, 9.17) is 4.98 Å². The summed E-state index contributed by atoms with van der Waals surface area (Å²) in [6.07, 6.45) is 20.9. The number of carbonyl (C=O) groups excluding carboxylic acids is 2. The Hall–Kier alpha value is -5.80. The van der Waals surface area contributed by atoms with Crippen molar-refractivity contribution in [2.45, 2.75) is 50.9 Å². The lowest BCUT2D eigenvalue weighted by molar-refractivity contribution is -0.120. The molecule has 6 aromatic rings. The maximum atomic E-state index is 11.7. The van der Waals surface area contributed by atoms with Crippen molar-refractivity contribution in [1.82, 2.24) is 58.7 Å². The molecule has 0 radical (unpaired) electrons. The molecule has 2 aliphatic rings. The molecule has 0 aliphatic heterocycles. The zero-order valence-corrected chi connectivity index (χ0v) is 25.4. The van der Waals surface area contributed by atoms with Gasteiger partial charge in [0, 0.05) is 51.7 Å². The number of carbonyl (C=O) groups is 2. The van der Waals surface area contributed by atoms with E-state index >= 15 is 0 Å². The number of aromatic nitrogens is 12. The molecule has 16 nitrogen and oxygen atoms in total. The third-order valence-corrected chi connectivity index (χ3v) is 7.91. The Kier molecular flexibility index (Phi) is 7.74. The highest BCUT2D eigenvalue weighted by Gasteiger charge is 2.24. The minimum atomic E-state index is 0.147. The van der Waals surface area contributed by atoms with Gasteiger partial charge in [0.25, 0.3) is 0 Å². The Bertz CT molecular complexity index is 2080. The second-order valence-electron chi connectivity index (χ2n) is 11.4. The Labute approximate surface area is 262 Å². The smallest absolute Gasteiger partial charge is 0.198 e. The summed E-state index contributed by atoms with van der Waals surface area (Å²) in [5, 5.41) is 23.1. The first-order valence-corrected chi connectivity index (χ1v) is 15.1. The number of rotatable bonds is 6. The zero-order chi connectivity index (χ0) is 31.6. The van der Waals surface area contributed by atoms with E-state index in [1.807, 2.05) is 32.7 Å². The molecule has 2 aliphatic carbocycles. The first kappa shape index (κ1) is 28.9. The summed E-state index contributed by atoms with van der Waals surface area (Å²) in [4.78, 5) is 41.3. The van der Waals surface area contributed by atoms with Gasteiger partial charge in [-0.3, -0.25) is 19.0 Å². The second kappa shape index (κ2) is 12.3. The van der Waals surface area contributed by atoms with Gasteiger partial charge in [-0.1, -0.05) is 0 Å². The predicted octanol–water partition coefficient (Wildman–Crippen LogP) is 3.57. The average molecular weight is 621 g/mol. The van der Waals surface area contributed by atoms with Crippen LogP contribution >= 0.6 is 0 Å². The van der Waals surface area contributed by atoms with Crippen molar-refractivity contribution < 1.29 is 9.59 Å². The SMILES string of the molecule is Cn1cc(Nc2nc(C3=CC(=O)CCC3)cn3ncnc23)cn1.Cn1cc(Nc2nc(C3CCCC(=O)C3)cn3ncnc23)cn1. The highest BCUT2D eigenvalue weighted by Crippen LogP contribution is 2.31. The van der Waals surface area contributed by atoms with Crippen LogP contribution in [-0.2, 0) is 23.7 Å². The van der Waals surface area contributed by atoms with Crippen LogP contribution in [0.1, 0.15) is 62.3 Å². The molecule has 0 aromatic carbocycles. The summed E-state index contributed by atoms with van der Waals surface area (Å²) in [6.45, 7) is 0. The van der Waals surface area contributed by atoms with Crippen molar-refractivity contribution >= 4 is 51.4 Å². The number of hydrogen-bond donors (Lipinski definition) is 2. The lowest BCUT2D eigenvalue weighted by Gasteiger charge is -2.20. The average Bonchev–Trinajstić information content (AvgIpc) is 3.86. The molecule has 0 amide bonds. The van der Waals surface area contributed by atoms with Gasteiger partial charge < -0.3 is 10.6 Å². The van der Waals surface area contributed by atoms with E-state index in [1.165, 1.54) is 12.7 Å². The molecular weight excluding hydrogens is 588 g/mol. The summed E-state index contributed by atoms with van der Waals surface area (Å²) in [6, 6.07) is 0. The number of Topliss-reactive ketones (excluding diaryl/α,β-unsaturated/α-hetero) is 1. The minimum absolute atomic E-state index is 0.147. The summed E-state index contributed by atoms with van der Waals surface area (Å²) >= 11 is 0. The third kappa shape index (κ3) is 6.22. The van der Waals surface area contributed by atoms with Gasteiger partial charge in [0.1, 0.15) is 18.4 Å². The number of nitrogens with zero attached hydrogens (tertiary/aromatic N) is 12. The molecule has 1 saturated carbocycles. The summed E-state index contributed by atoms with van der Waals surface area (Å²) in [5.41, 5.74) is 5.48. The van der Waals surface area contributed by atoms with Crippen LogP contribution in [0, 0.1) is 0 Å². The van der Waals surface area contributed by atoms with Gasteiger partial charge in [-0.15, -0.1) is 0 Å². The molecule has 234 valence electrons. The first-order valence-electron chi connectivity index (χ1n) is 15.1. The van der Waals surface area contributed by atoms with Crippen LogP contribution in [0.2, 0.25) is 0 Å². The molecule has 0 saturated heterocycles. The molecule has 6 aromatic heterocycles. The van der Waals surface area contributed by atoms with Gasteiger partial charge in [0.2, 0.25) is 0 Å². The van der Waals surface area contributed by atoms with Crippen molar-refractivity contribution in [3.8, 4) is 0 Å². The van der Waals surface area contributed by atoms with Gasteiger partial charge in [0.15, 0.2) is 28.7 Å². The normalized spacial score (nSPS) is 16.7. The van der Waals surface area contributed by atoms with Gasteiger partial charge >= 0.3 is 0 Å². The zero-order valence-electron chi connectivity index (χ0n) is 25.4. The second-order valence-corrected chi connectivity index (χ2v) is 11.4. The van der Waals surface area contributed by atoms with Crippen LogP contribution in [0.5, 0.6) is 0 Å². The molecule has 16 heteroatoms. The summed E-state index contributed by atoms with van der Waals surface area (Å²) < 4.78 is 6.80. The quantitative estimate of drug-likeness (QED) is 0.277. The fraction of sp³-hybridized carbons (Fsp3) is 0.333. The van der Waals surface area contributed by atoms with Crippen LogP contribution in [0.3, 0.4) is 0 Å². The highest BCUT2D eigenvalue weighted by atomic mass is 16.1. The predicted molar refractivity (Wildman–Crippen MR) is 168 cm³/mol. The number of fused-ring (bicyclic) bond motifs is 2. The number of hydrogen-bond acceptors (Lipinski definition) is 12. The summed E-state index contributed by atoms with van der Waals surface area (Å²) in [5.74, 6) is 1.83. The molecule has 46 heavy (non-hydrogen) atoms. The van der Waals surface area contributed by atoms with E-state index in [2.05, 4.69) is 46.0 Å². The molecule has 8 rings (SSSR count). The number of nitrogens with one attached hydrogen (secondary N) is 2. The Morgan fingerprint density at radius 3 is 2.00 bits per heavy atom. The van der Waals surface area contributed by atoms with E-state index < -0.39 is 0 Å². The highest BCUT2D eigenvalue weighted by molar-refractivity contribution is 5.98. The molecule has 0 spiro atoms. The standard InChI is InChI=1S/C15H17N7O.C15H15N7O/c2*1-21-7-11(6-17-21)19-14-15-16-9-18-22(15)8-13(20-14)10-3-2-4-12(23)5-10/h6-10H,2-5H2,1H3,(H,19,20);5-9H,2-4H2,1H3,(H,19,20). The van der Waals surface area contributed by atoms with Crippen molar-refractivity contribution in [3.63, 3.8) is 0 Å². The lowest BCUT2D eigenvalue weighted by Crippen LogP contribution is -2.16. The molecule has 1 unspecified atom stereocenters. The maximum Gasteiger partial charge on any atom is 0.198 e. The molecule has 6 heterocycles. The monoisotopic (exact) mass is 620 g/mol. The molecule has 1 atom stereocenters.